The number of carbonyl (C=O) groups excluding carboxylic acids is 2. The number of nitrogens with zero attached hydrogens (tertiary/aromatic N) is 1. The molecule has 2 aliphatic heterocycles. The molecule has 0 spiro atoms. The van der Waals surface area contributed by atoms with E-state index in [0.29, 0.717) is 47.7 Å². The third-order valence-electron chi connectivity index (χ3n) is 6.86. The van der Waals surface area contributed by atoms with Crippen molar-refractivity contribution in [2.75, 3.05) is 17.3 Å². The lowest BCUT2D eigenvalue weighted by molar-refractivity contribution is -0.132. The summed E-state index contributed by atoms with van der Waals surface area (Å²) in [5.74, 6) is 0.349. The Kier molecular flexibility index (Phi) is 6.83. The fraction of sp³-hybridized carbons (Fsp3) is 0.407. The topological polar surface area (TPSA) is 67.9 Å². The first-order chi connectivity index (χ1) is 16.8. The molecule has 0 aromatic heterocycles. The molecule has 0 aliphatic carbocycles. The molecular formula is C27H29F2IN2O4. The molecule has 0 bridgehead atoms. The Morgan fingerprint density at radius 2 is 1.83 bits per heavy atom. The lowest BCUT2D eigenvalue weighted by atomic mass is 9.83. The molecule has 0 saturated carbocycles. The molecular weight excluding hydrogens is 581 g/mol. The number of likely N-dealkylation sites (N-methyl/N-ethyl adjacent to an activating group) is 1. The van der Waals surface area contributed by atoms with Crippen molar-refractivity contribution in [1.29, 1.82) is 0 Å². The first-order valence-corrected chi connectivity index (χ1v) is 12.9. The number of fused-ring (bicyclic) bond motifs is 2. The molecule has 2 aromatic carbocycles. The van der Waals surface area contributed by atoms with E-state index in [0.717, 1.165) is 28.2 Å². The van der Waals surface area contributed by atoms with Crippen LogP contribution in [-0.4, -0.2) is 30.1 Å². The Labute approximate surface area is 223 Å². The number of amides is 2. The van der Waals surface area contributed by atoms with Crippen molar-refractivity contribution in [3.8, 4) is 11.5 Å². The first kappa shape index (κ1) is 26.4. The molecule has 0 fully saturated rings. The highest BCUT2D eigenvalue weighted by molar-refractivity contribution is 14.1. The maximum Gasteiger partial charge on any atom is 0.321 e. The maximum atomic E-state index is 14.0. The molecule has 2 heterocycles. The van der Waals surface area contributed by atoms with E-state index < -0.39 is 15.1 Å². The minimum Gasteiger partial charge on any atom is -0.486 e. The van der Waals surface area contributed by atoms with E-state index in [4.69, 9.17) is 9.47 Å². The molecule has 2 aromatic rings. The molecule has 192 valence electrons. The van der Waals surface area contributed by atoms with Gasteiger partial charge in [0.05, 0.1) is 5.69 Å². The zero-order valence-corrected chi connectivity index (χ0v) is 23.0. The fourth-order valence-corrected chi connectivity index (χ4v) is 4.98. The average molecular weight is 610 g/mol. The predicted octanol–water partition coefficient (Wildman–Crippen LogP) is 6.67. The molecule has 2 amide bonds. The third kappa shape index (κ3) is 4.94. The number of alkyl halides is 3. The Morgan fingerprint density at radius 3 is 2.47 bits per heavy atom. The molecule has 36 heavy (non-hydrogen) atoms. The van der Waals surface area contributed by atoms with Crippen molar-refractivity contribution < 1.29 is 27.8 Å². The number of nitrogens with one attached hydrogen (secondary N) is 1. The smallest absolute Gasteiger partial charge is 0.321 e. The zero-order valence-electron chi connectivity index (χ0n) is 20.9. The van der Waals surface area contributed by atoms with Crippen LogP contribution >= 0.6 is 22.6 Å². The van der Waals surface area contributed by atoms with Crippen LogP contribution in [0.5, 0.6) is 11.5 Å². The summed E-state index contributed by atoms with van der Waals surface area (Å²) in [6.07, 6.45) is 3.30. The van der Waals surface area contributed by atoms with Crippen molar-refractivity contribution in [2.45, 2.75) is 62.1 Å². The third-order valence-corrected chi connectivity index (χ3v) is 7.48. The van der Waals surface area contributed by atoms with Gasteiger partial charge in [0.15, 0.2) is 5.60 Å². The van der Waals surface area contributed by atoms with Crippen LogP contribution in [0.25, 0.3) is 5.57 Å². The quantitative estimate of drug-likeness (QED) is 0.234. The van der Waals surface area contributed by atoms with Gasteiger partial charge in [0.1, 0.15) is 17.1 Å². The normalized spacial score (nSPS) is 19.2. The van der Waals surface area contributed by atoms with Crippen molar-refractivity contribution in [2.24, 2.45) is 0 Å². The Morgan fingerprint density at radius 1 is 1.14 bits per heavy atom. The summed E-state index contributed by atoms with van der Waals surface area (Å²) in [5, 5.41) is 2.85. The Bertz CT molecular complexity index is 1250. The van der Waals surface area contributed by atoms with Crippen molar-refractivity contribution in [3.63, 3.8) is 0 Å². The van der Waals surface area contributed by atoms with Crippen molar-refractivity contribution in [3.05, 3.63) is 53.6 Å². The Balaban J connectivity index is 1.65. The number of hydrogen-bond acceptors (Lipinski definition) is 4. The summed E-state index contributed by atoms with van der Waals surface area (Å²) in [5.41, 5.74) is 0.699. The van der Waals surface area contributed by atoms with Gasteiger partial charge in [-0.05, 0) is 56.5 Å². The second-order valence-electron chi connectivity index (χ2n) is 9.70. The van der Waals surface area contributed by atoms with Gasteiger partial charge in [-0.3, -0.25) is 9.59 Å². The molecule has 0 radical (unpaired) electrons. The SMILES string of the molecule is CCC1(CC)C/C(=C\C(=O)Nc2ccc3c(c2)N(C)C(=O)C(C)(C)O3)c2ccc(C(F)(F)I)cc2O1. The van der Waals surface area contributed by atoms with Crippen molar-refractivity contribution in [1.82, 2.24) is 0 Å². The van der Waals surface area contributed by atoms with E-state index in [1.54, 1.807) is 45.2 Å². The van der Waals surface area contributed by atoms with Gasteiger partial charge in [-0.25, -0.2) is 0 Å². The lowest BCUT2D eigenvalue weighted by Gasteiger charge is -2.39. The molecule has 4 rings (SSSR count). The van der Waals surface area contributed by atoms with Crippen LogP contribution in [0.4, 0.5) is 20.2 Å². The van der Waals surface area contributed by atoms with Gasteiger partial charge in [0, 0.05) is 58.9 Å². The van der Waals surface area contributed by atoms with Crippen LogP contribution in [0, 0.1) is 0 Å². The molecule has 1 N–H and O–H groups in total. The molecule has 0 saturated heterocycles. The summed E-state index contributed by atoms with van der Waals surface area (Å²) in [7, 11) is 1.67. The molecule has 9 heteroatoms. The summed E-state index contributed by atoms with van der Waals surface area (Å²) in [4.78, 5) is 27.1. The van der Waals surface area contributed by atoms with Crippen LogP contribution in [-0.2, 0) is 13.5 Å². The van der Waals surface area contributed by atoms with Crippen LogP contribution in [0.15, 0.2) is 42.5 Å². The molecule has 2 aliphatic rings. The van der Waals surface area contributed by atoms with Crippen LogP contribution in [0.3, 0.4) is 0 Å². The van der Waals surface area contributed by atoms with Gasteiger partial charge >= 0.3 is 3.93 Å². The minimum absolute atomic E-state index is 0.146. The highest BCUT2D eigenvalue weighted by Crippen LogP contribution is 2.46. The highest BCUT2D eigenvalue weighted by Gasteiger charge is 2.40. The van der Waals surface area contributed by atoms with E-state index in [1.807, 2.05) is 13.8 Å². The minimum atomic E-state index is -3.03. The monoisotopic (exact) mass is 610 g/mol. The van der Waals surface area contributed by atoms with Gasteiger partial charge in [0.25, 0.3) is 5.91 Å². The van der Waals surface area contributed by atoms with E-state index in [-0.39, 0.29) is 17.4 Å². The zero-order chi connectivity index (χ0) is 26.5. The second-order valence-corrected chi connectivity index (χ2v) is 11.1. The molecule has 0 unspecified atom stereocenters. The number of hydrogen-bond donors (Lipinski definition) is 1. The van der Waals surface area contributed by atoms with Crippen molar-refractivity contribution >= 4 is 51.4 Å². The average Bonchev–Trinajstić information content (AvgIpc) is 2.82. The lowest BCUT2D eigenvalue weighted by Crippen LogP contribution is -2.50. The van der Waals surface area contributed by atoms with Crippen LogP contribution < -0.4 is 19.7 Å². The summed E-state index contributed by atoms with van der Waals surface area (Å²) in [6, 6.07) is 9.44. The summed E-state index contributed by atoms with van der Waals surface area (Å²) in [6.45, 7) is 7.38. The van der Waals surface area contributed by atoms with Crippen LogP contribution in [0.1, 0.15) is 58.1 Å². The number of carbonyl (C=O) groups is 2. The van der Waals surface area contributed by atoms with E-state index in [2.05, 4.69) is 5.32 Å². The number of halogens is 3. The van der Waals surface area contributed by atoms with Gasteiger partial charge in [0.2, 0.25) is 5.91 Å². The van der Waals surface area contributed by atoms with E-state index in [9.17, 15) is 18.4 Å². The fourth-order valence-electron chi connectivity index (χ4n) is 4.65. The second kappa shape index (κ2) is 9.32. The van der Waals surface area contributed by atoms with Gasteiger partial charge in [-0.15, -0.1) is 0 Å². The number of anilines is 2. The molecule has 0 atom stereocenters. The summed E-state index contributed by atoms with van der Waals surface area (Å²) < 4.78 is 36.9. The summed E-state index contributed by atoms with van der Waals surface area (Å²) >= 11 is 1.10. The van der Waals surface area contributed by atoms with E-state index >= 15 is 0 Å². The van der Waals surface area contributed by atoms with Gasteiger partial charge in [-0.2, -0.15) is 8.78 Å². The van der Waals surface area contributed by atoms with E-state index in [1.165, 1.54) is 23.1 Å². The maximum absolute atomic E-state index is 14.0. The number of ether oxygens (including phenoxy) is 2. The Hall–Kier alpha value is -2.69. The number of benzene rings is 2. The largest absolute Gasteiger partial charge is 0.486 e. The molecule has 6 nitrogen and oxygen atoms in total. The van der Waals surface area contributed by atoms with Gasteiger partial charge in [-0.1, -0.05) is 26.0 Å². The number of rotatable bonds is 5. The first-order valence-electron chi connectivity index (χ1n) is 11.8. The predicted molar refractivity (Wildman–Crippen MR) is 144 cm³/mol. The van der Waals surface area contributed by atoms with Gasteiger partial charge < -0.3 is 19.7 Å². The highest BCUT2D eigenvalue weighted by atomic mass is 127. The standard InChI is InChI=1S/C27H29F2IN2O4/c1-6-26(7-2)15-16(19-10-8-17(27(28,29)30)13-22(19)36-26)12-23(33)31-18-9-11-21-20(14-18)32(5)24(34)25(3,4)35-21/h8-14H,6-7,15H2,1-5H3,(H,31,33)/b16-12+. The van der Waals surface area contributed by atoms with Crippen LogP contribution in [0.2, 0.25) is 0 Å².